The van der Waals surface area contributed by atoms with Crippen molar-refractivity contribution in [2.24, 2.45) is 0 Å². The van der Waals surface area contributed by atoms with Gasteiger partial charge in [-0.2, -0.15) is 0 Å². The van der Waals surface area contributed by atoms with Gasteiger partial charge < -0.3 is 10.2 Å². The summed E-state index contributed by atoms with van der Waals surface area (Å²) in [6, 6.07) is 3.49. The minimum absolute atomic E-state index is 0. The van der Waals surface area contributed by atoms with Gasteiger partial charge in [0.1, 0.15) is 0 Å². The van der Waals surface area contributed by atoms with Crippen LogP contribution in [0.1, 0.15) is 23.5 Å². The molecular formula is C11H18Cl2N2OS. The Morgan fingerprint density at radius 3 is 2.53 bits per heavy atom. The molecule has 0 aliphatic carbocycles. The van der Waals surface area contributed by atoms with Crippen molar-refractivity contribution in [3.8, 4) is 0 Å². The summed E-state index contributed by atoms with van der Waals surface area (Å²) >= 11 is 7.07. The molecule has 0 bridgehead atoms. The predicted molar refractivity (Wildman–Crippen MR) is 76.7 cm³/mol. The fraction of sp³-hybridized carbons (Fsp3) is 0.545. The molecule has 0 spiro atoms. The monoisotopic (exact) mass is 296 g/mol. The van der Waals surface area contributed by atoms with Crippen LogP contribution in [0.3, 0.4) is 0 Å². The van der Waals surface area contributed by atoms with Crippen molar-refractivity contribution in [2.75, 3.05) is 26.2 Å². The van der Waals surface area contributed by atoms with Gasteiger partial charge in [0.25, 0.3) is 5.91 Å². The fourth-order valence-electron chi connectivity index (χ4n) is 1.39. The number of nitrogens with zero attached hydrogens (tertiary/aromatic N) is 1. The van der Waals surface area contributed by atoms with Gasteiger partial charge in [0.2, 0.25) is 0 Å². The summed E-state index contributed by atoms with van der Waals surface area (Å²) in [4.78, 5) is 14.6. The number of rotatable bonds is 6. The van der Waals surface area contributed by atoms with Crippen LogP contribution in [0, 0.1) is 0 Å². The Morgan fingerprint density at radius 2 is 2.06 bits per heavy atom. The normalized spacial score (nSPS) is 10.1. The lowest BCUT2D eigenvalue weighted by molar-refractivity contribution is 0.0953. The highest BCUT2D eigenvalue weighted by Gasteiger charge is 2.08. The second kappa shape index (κ2) is 8.75. The second-order valence-electron chi connectivity index (χ2n) is 3.39. The molecule has 1 aromatic rings. The summed E-state index contributed by atoms with van der Waals surface area (Å²) in [7, 11) is 0. The van der Waals surface area contributed by atoms with Gasteiger partial charge >= 0.3 is 0 Å². The van der Waals surface area contributed by atoms with Gasteiger partial charge in [0.05, 0.1) is 9.21 Å². The number of thiophene rings is 1. The van der Waals surface area contributed by atoms with Crippen molar-refractivity contribution in [3.05, 3.63) is 21.3 Å². The van der Waals surface area contributed by atoms with Crippen molar-refractivity contribution in [1.82, 2.24) is 10.2 Å². The lowest BCUT2D eigenvalue weighted by Gasteiger charge is -2.17. The molecule has 0 saturated heterocycles. The second-order valence-corrected chi connectivity index (χ2v) is 5.10. The minimum atomic E-state index is -0.0379. The van der Waals surface area contributed by atoms with Crippen molar-refractivity contribution < 1.29 is 4.79 Å². The summed E-state index contributed by atoms with van der Waals surface area (Å²) in [5.74, 6) is -0.0379. The van der Waals surface area contributed by atoms with E-state index in [1.165, 1.54) is 11.3 Å². The number of nitrogens with one attached hydrogen (secondary N) is 1. The van der Waals surface area contributed by atoms with E-state index in [1.54, 1.807) is 12.1 Å². The van der Waals surface area contributed by atoms with Crippen LogP contribution >= 0.6 is 35.3 Å². The lowest BCUT2D eigenvalue weighted by Crippen LogP contribution is -2.34. The Kier molecular flexibility index (Phi) is 8.60. The zero-order valence-corrected chi connectivity index (χ0v) is 12.4. The molecule has 1 rings (SSSR count). The van der Waals surface area contributed by atoms with Gasteiger partial charge in [-0.25, -0.2) is 0 Å². The molecule has 1 N–H and O–H groups in total. The van der Waals surface area contributed by atoms with E-state index in [4.69, 9.17) is 11.6 Å². The van der Waals surface area contributed by atoms with Crippen molar-refractivity contribution in [3.63, 3.8) is 0 Å². The summed E-state index contributed by atoms with van der Waals surface area (Å²) in [6.45, 7) is 7.82. The molecule has 0 atom stereocenters. The van der Waals surface area contributed by atoms with Gasteiger partial charge in [0, 0.05) is 13.1 Å². The van der Waals surface area contributed by atoms with E-state index < -0.39 is 0 Å². The van der Waals surface area contributed by atoms with Gasteiger partial charge in [0.15, 0.2) is 0 Å². The highest BCUT2D eigenvalue weighted by atomic mass is 35.5. The minimum Gasteiger partial charge on any atom is -0.350 e. The molecule has 1 heterocycles. The van der Waals surface area contributed by atoms with E-state index in [9.17, 15) is 4.79 Å². The molecular weight excluding hydrogens is 279 g/mol. The van der Waals surface area contributed by atoms with E-state index in [-0.39, 0.29) is 18.3 Å². The smallest absolute Gasteiger partial charge is 0.261 e. The van der Waals surface area contributed by atoms with Gasteiger partial charge in [-0.05, 0) is 25.2 Å². The van der Waals surface area contributed by atoms with Crippen LogP contribution in [0.2, 0.25) is 4.34 Å². The molecule has 17 heavy (non-hydrogen) atoms. The average Bonchev–Trinajstić information content (AvgIpc) is 2.71. The summed E-state index contributed by atoms with van der Waals surface area (Å²) in [5.41, 5.74) is 0. The molecule has 3 nitrogen and oxygen atoms in total. The lowest BCUT2D eigenvalue weighted by atomic mass is 10.4. The molecule has 0 aliphatic heterocycles. The number of carbonyl (C=O) groups is 1. The van der Waals surface area contributed by atoms with Crippen LogP contribution in [0.15, 0.2) is 12.1 Å². The number of carbonyl (C=O) groups excluding carboxylic acids is 1. The summed E-state index contributed by atoms with van der Waals surface area (Å²) < 4.78 is 0.647. The maximum atomic E-state index is 11.6. The van der Waals surface area contributed by atoms with E-state index in [0.717, 1.165) is 19.6 Å². The summed E-state index contributed by atoms with van der Waals surface area (Å²) in [5, 5.41) is 2.88. The highest BCUT2D eigenvalue weighted by molar-refractivity contribution is 7.17. The zero-order valence-electron chi connectivity index (χ0n) is 10.0. The molecule has 0 unspecified atom stereocenters. The molecule has 6 heteroatoms. The third-order valence-electron chi connectivity index (χ3n) is 2.41. The highest BCUT2D eigenvalue weighted by Crippen LogP contribution is 2.20. The van der Waals surface area contributed by atoms with Crippen LogP contribution in [-0.2, 0) is 0 Å². The Balaban J connectivity index is 0.00000256. The quantitative estimate of drug-likeness (QED) is 0.875. The maximum Gasteiger partial charge on any atom is 0.261 e. The Hall–Kier alpha value is -0.290. The van der Waals surface area contributed by atoms with Crippen LogP contribution in [0.5, 0.6) is 0 Å². The standard InChI is InChI=1S/C11H17ClN2OS.ClH/c1-3-14(4-2)8-7-13-11(15)9-5-6-10(12)16-9;/h5-6H,3-4,7-8H2,1-2H3,(H,13,15);1H. The Morgan fingerprint density at radius 1 is 1.41 bits per heavy atom. The summed E-state index contributed by atoms with van der Waals surface area (Å²) in [6.07, 6.45) is 0. The van der Waals surface area contributed by atoms with E-state index in [1.807, 2.05) is 0 Å². The van der Waals surface area contributed by atoms with Crippen LogP contribution in [0.25, 0.3) is 0 Å². The number of halogens is 2. The Labute approximate surface area is 118 Å². The SMILES string of the molecule is CCN(CC)CCNC(=O)c1ccc(Cl)s1.Cl. The molecule has 0 saturated carbocycles. The third-order valence-corrected chi connectivity index (χ3v) is 3.63. The zero-order chi connectivity index (χ0) is 12.0. The van der Waals surface area contributed by atoms with E-state index >= 15 is 0 Å². The van der Waals surface area contributed by atoms with Crippen molar-refractivity contribution >= 4 is 41.3 Å². The first-order chi connectivity index (χ1) is 7.67. The number of hydrogen-bond acceptors (Lipinski definition) is 3. The van der Waals surface area contributed by atoms with Crippen molar-refractivity contribution in [1.29, 1.82) is 0 Å². The first kappa shape index (κ1) is 16.7. The maximum absolute atomic E-state index is 11.6. The number of likely N-dealkylation sites (N-methyl/N-ethyl adjacent to an activating group) is 1. The molecule has 0 radical (unpaired) electrons. The van der Waals surface area contributed by atoms with E-state index in [2.05, 4.69) is 24.1 Å². The number of hydrogen-bond donors (Lipinski definition) is 1. The molecule has 1 aromatic heterocycles. The molecule has 98 valence electrons. The van der Waals surface area contributed by atoms with Crippen LogP contribution in [-0.4, -0.2) is 37.0 Å². The van der Waals surface area contributed by atoms with Gasteiger partial charge in [-0.15, -0.1) is 23.7 Å². The first-order valence-electron chi connectivity index (χ1n) is 5.43. The molecule has 0 aliphatic rings. The topological polar surface area (TPSA) is 32.3 Å². The molecule has 0 fully saturated rings. The third kappa shape index (κ3) is 5.73. The molecule has 1 amide bonds. The average molecular weight is 297 g/mol. The predicted octanol–water partition coefficient (Wildman–Crippen LogP) is 2.89. The van der Waals surface area contributed by atoms with Gasteiger partial charge in [-0.1, -0.05) is 25.4 Å². The Bertz CT molecular complexity index is 340. The molecule has 0 aromatic carbocycles. The van der Waals surface area contributed by atoms with Crippen molar-refractivity contribution in [2.45, 2.75) is 13.8 Å². The largest absolute Gasteiger partial charge is 0.350 e. The fourth-order valence-corrected chi connectivity index (χ4v) is 2.35. The van der Waals surface area contributed by atoms with Crippen LogP contribution in [0.4, 0.5) is 0 Å². The van der Waals surface area contributed by atoms with Gasteiger partial charge in [-0.3, -0.25) is 4.79 Å². The number of amides is 1. The van der Waals surface area contributed by atoms with E-state index in [0.29, 0.717) is 15.8 Å². The first-order valence-corrected chi connectivity index (χ1v) is 6.62. The van der Waals surface area contributed by atoms with Crippen LogP contribution < -0.4 is 5.32 Å².